The smallest absolute Gasteiger partial charge is 0.411 e. The van der Waals surface area contributed by atoms with Gasteiger partial charge >= 0.3 is 6.09 Å². The Balaban J connectivity index is 2.39. The molecule has 0 aromatic carbocycles. The molecule has 1 amide bonds. The maximum absolute atomic E-state index is 11.3. The lowest BCUT2D eigenvalue weighted by atomic mass is 10.1. The van der Waals surface area contributed by atoms with Crippen molar-refractivity contribution in [2.45, 2.75) is 39.0 Å². The first-order chi connectivity index (χ1) is 5.40. The highest BCUT2D eigenvalue weighted by atomic mass is 16.6. The Morgan fingerprint density at radius 2 is 2.17 bits per heavy atom. The van der Waals surface area contributed by atoms with Gasteiger partial charge in [0.05, 0.1) is 6.17 Å². The number of nitrogens with zero attached hydrogens (tertiary/aromatic N) is 1. The van der Waals surface area contributed by atoms with Gasteiger partial charge in [-0.05, 0) is 27.2 Å². The van der Waals surface area contributed by atoms with E-state index in [1.54, 1.807) is 0 Å². The Morgan fingerprint density at radius 1 is 1.58 bits per heavy atom. The Kier molecular flexibility index (Phi) is 2.28. The van der Waals surface area contributed by atoms with Crippen molar-refractivity contribution in [2.24, 2.45) is 5.73 Å². The van der Waals surface area contributed by atoms with Crippen molar-refractivity contribution in [3.8, 4) is 0 Å². The number of ether oxygens (including phenoxy) is 1. The van der Waals surface area contributed by atoms with Crippen molar-refractivity contribution in [3.05, 3.63) is 0 Å². The lowest BCUT2D eigenvalue weighted by Gasteiger charge is -2.38. The molecule has 1 heterocycles. The van der Waals surface area contributed by atoms with Crippen molar-refractivity contribution in [1.82, 2.24) is 4.90 Å². The summed E-state index contributed by atoms with van der Waals surface area (Å²) in [5, 5.41) is 0. The van der Waals surface area contributed by atoms with Gasteiger partial charge in [-0.1, -0.05) is 0 Å². The molecule has 0 spiro atoms. The van der Waals surface area contributed by atoms with Crippen molar-refractivity contribution in [1.29, 1.82) is 0 Å². The number of carbonyl (C=O) groups is 1. The van der Waals surface area contributed by atoms with Crippen LogP contribution in [0.5, 0.6) is 0 Å². The fourth-order valence-electron chi connectivity index (χ4n) is 0.955. The van der Waals surface area contributed by atoms with E-state index >= 15 is 0 Å². The Labute approximate surface area is 72.7 Å². The van der Waals surface area contributed by atoms with Gasteiger partial charge in [0.25, 0.3) is 0 Å². The molecule has 70 valence electrons. The molecule has 2 N–H and O–H groups in total. The molecule has 0 aliphatic carbocycles. The van der Waals surface area contributed by atoms with Crippen LogP contribution in [0.25, 0.3) is 0 Å². The van der Waals surface area contributed by atoms with E-state index in [0.717, 1.165) is 13.0 Å². The van der Waals surface area contributed by atoms with Gasteiger partial charge < -0.3 is 10.5 Å². The average Bonchev–Trinajstić information content (AvgIpc) is 1.79. The number of hydrogen-bond acceptors (Lipinski definition) is 3. The average molecular weight is 172 g/mol. The second-order valence-electron chi connectivity index (χ2n) is 4.03. The van der Waals surface area contributed by atoms with E-state index in [1.807, 2.05) is 20.8 Å². The standard InChI is InChI=1S/C8H16N2O2/c1-8(2,3)12-7(11)10-5-4-6(10)9/h6H,4-5,9H2,1-3H3/t6-/m0/s1. The van der Waals surface area contributed by atoms with Crippen LogP contribution in [0.4, 0.5) is 4.79 Å². The summed E-state index contributed by atoms with van der Waals surface area (Å²) in [6, 6.07) is 0. The third kappa shape index (κ3) is 2.11. The van der Waals surface area contributed by atoms with E-state index in [4.69, 9.17) is 10.5 Å². The molecule has 0 bridgehead atoms. The predicted molar refractivity (Wildman–Crippen MR) is 45.5 cm³/mol. The van der Waals surface area contributed by atoms with Crippen molar-refractivity contribution in [3.63, 3.8) is 0 Å². The molecule has 4 heteroatoms. The summed E-state index contributed by atoms with van der Waals surface area (Å²) >= 11 is 0. The van der Waals surface area contributed by atoms with Crippen molar-refractivity contribution >= 4 is 6.09 Å². The van der Waals surface area contributed by atoms with Crippen LogP contribution in [0.1, 0.15) is 27.2 Å². The van der Waals surface area contributed by atoms with E-state index in [2.05, 4.69) is 0 Å². The molecule has 12 heavy (non-hydrogen) atoms. The van der Waals surface area contributed by atoms with Gasteiger partial charge in [0.2, 0.25) is 0 Å². The van der Waals surface area contributed by atoms with E-state index in [9.17, 15) is 4.79 Å². The molecule has 1 aliphatic heterocycles. The summed E-state index contributed by atoms with van der Waals surface area (Å²) in [6.45, 7) is 6.25. The number of carbonyl (C=O) groups excluding carboxylic acids is 1. The minimum absolute atomic E-state index is 0.139. The van der Waals surface area contributed by atoms with Crippen molar-refractivity contribution in [2.75, 3.05) is 6.54 Å². The van der Waals surface area contributed by atoms with Crippen LogP contribution >= 0.6 is 0 Å². The van der Waals surface area contributed by atoms with E-state index in [-0.39, 0.29) is 12.3 Å². The monoisotopic (exact) mass is 172 g/mol. The van der Waals surface area contributed by atoms with Crippen molar-refractivity contribution < 1.29 is 9.53 Å². The largest absolute Gasteiger partial charge is 0.444 e. The molecule has 0 unspecified atom stereocenters. The van der Waals surface area contributed by atoms with E-state index in [1.165, 1.54) is 4.90 Å². The molecule has 0 radical (unpaired) electrons. The highest BCUT2D eigenvalue weighted by Gasteiger charge is 2.32. The normalized spacial score (nSPS) is 23.3. The summed E-state index contributed by atoms with van der Waals surface area (Å²) in [4.78, 5) is 12.8. The highest BCUT2D eigenvalue weighted by molar-refractivity contribution is 5.69. The molecule has 4 nitrogen and oxygen atoms in total. The molecule has 1 fully saturated rings. The van der Waals surface area contributed by atoms with Crippen LogP contribution in [0.3, 0.4) is 0 Å². The third-order valence-corrected chi connectivity index (χ3v) is 1.69. The van der Waals surface area contributed by atoms with Crippen LogP contribution < -0.4 is 5.73 Å². The summed E-state index contributed by atoms with van der Waals surface area (Å²) in [5.74, 6) is 0. The topological polar surface area (TPSA) is 55.6 Å². The maximum atomic E-state index is 11.3. The summed E-state index contributed by atoms with van der Waals surface area (Å²) in [5.41, 5.74) is 5.14. The quantitative estimate of drug-likeness (QED) is 0.591. The zero-order valence-corrected chi connectivity index (χ0v) is 7.83. The SMILES string of the molecule is CC(C)(C)OC(=O)N1CC[C@H]1N. The second-order valence-corrected chi connectivity index (χ2v) is 4.03. The lowest BCUT2D eigenvalue weighted by molar-refractivity contribution is -0.00387. The first-order valence-electron chi connectivity index (χ1n) is 4.15. The Bertz CT molecular complexity index is 186. The van der Waals surface area contributed by atoms with Gasteiger partial charge in [-0.2, -0.15) is 0 Å². The number of nitrogens with two attached hydrogens (primary N) is 1. The number of hydrogen-bond donors (Lipinski definition) is 1. The molecule has 1 rings (SSSR count). The summed E-state index contributed by atoms with van der Waals surface area (Å²) in [6.07, 6.45) is 0.431. The molecule has 0 aromatic heterocycles. The first kappa shape index (κ1) is 9.32. The summed E-state index contributed by atoms with van der Waals surface area (Å²) in [7, 11) is 0. The van der Waals surface area contributed by atoms with Gasteiger partial charge in [0, 0.05) is 6.54 Å². The zero-order valence-electron chi connectivity index (χ0n) is 7.83. The fraction of sp³-hybridized carbons (Fsp3) is 0.875. The maximum Gasteiger partial charge on any atom is 0.411 e. The lowest BCUT2D eigenvalue weighted by Crippen LogP contribution is -2.57. The van der Waals surface area contributed by atoms with Crippen LogP contribution in [0.15, 0.2) is 0 Å². The molecule has 1 atom stereocenters. The minimum Gasteiger partial charge on any atom is -0.444 e. The fourth-order valence-corrected chi connectivity index (χ4v) is 0.955. The minimum atomic E-state index is -0.424. The van der Waals surface area contributed by atoms with Gasteiger partial charge in [0.15, 0.2) is 0 Å². The predicted octanol–water partition coefficient (Wildman–Crippen LogP) is 0.912. The molecular formula is C8H16N2O2. The molecule has 0 saturated carbocycles. The third-order valence-electron chi connectivity index (χ3n) is 1.69. The van der Waals surface area contributed by atoms with E-state index < -0.39 is 5.60 Å². The first-order valence-corrected chi connectivity index (χ1v) is 4.15. The number of likely N-dealkylation sites (tertiary alicyclic amines) is 1. The number of rotatable bonds is 0. The van der Waals surface area contributed by atoms with E-state index in [0.29, 0.717) is 0 Å². The van der Waals surface area contributed by atoms with Gasteiger partial charge in [-0.25, -0.2) is 4.79 Å². The number of amides is 1. The van der Waals surface area contributed by atoms with Crippen LogP contribution in [-0.4, -0.2) is 29.3 Å². The molecular weight excluding hydrogens is 156 g/mol. The van der Waals surface area contributed by atoms with Crippen LogP contribution in [0.2, 0.25) is 0 Å². The summed E-state index contributed by atoms with van der Waals surface area (Å²) < 4.78 is 5.12. The molecule has 1 saturated heterocycles. The Morgan fingerprint density at radius 3 is 2.42 bits per heavy atom. The van der Waals surface area contributed by atoms with Crippen LogP contribution in [0, 0.1) is 0 Å². The Hall–Kier alpha value is -0.770. The van der Waals surface area contributed by atoms with Gasteiger partial charge in [-0.15, -0.1) is 0 Å². The van der Waals surface area contributed by atoms with Gasteiger partial charge in [-0.3, -0.25) is 4.90 Å². The second kappa shape index (κ2) is 2.94. The molecule has 1 aliphatic rings. The van der Waals surface area contributed by atoms with Crippen LogP contribution in [-0.2, 0) is 4.74 Å². The highest BCUT2D eigenvalue weighted by Crippen LogP contribution is 2.17. The molecule has 0 aromatic rings. The van der Waals surface area contributed by atoms with Gasteiger partial charge in [0.1, 0.15) is 5.60 Å². The zero-order chi connectivity index (χ0) is 9.35.